The molecule has 0 bridgehead atoms. The molecule has 0 aromatic carbocycles. The second-order valence-electron chi connectivity index (χ2n) is 2.34. The normalized spacial score (nSPS) is 25.0. The minimum absolute atomic E-state index is 0. The van der Waals surface area contributed by atoms with Gasteiger partial charge >= 0.3 is 5.97 Å². The summed E-state index contributed by atoms with van der Waals surface area (Å²) >= 11 is 0. The summed E-state index contributed by atoms with van der Waals surface area (Å²) in [5.74, 6) is -0.713. The van der Waals surface area contributed by atoms with Crippen LogP contribution in [-0.2, 0) is 4.79 Å². The monoisotopic (exact) mass is 149 g/mol. The molecule has 4 heteroatoms. The Morgan fingerprint density at radius 1 is 1.50 bits per heavy atom. The molecule has 3 nitrogen and oxygen atoms in total. The first kappa shape index (κ1) is 9.36. The summed E-state index contributed by atoms with van der Waals surface area (Å²) in [4.78, 5) is 10.3. The van der Waals surface area contributed by atoms with Crippen LogP contribution in [0.5, 0.6) is 0 Å². The summed E-state index contributed by atoms with van der Waals surface area (Å²) in [7, 11) is 0. The second-order valence-corrected chi connectivity index (χ2v) is 2.34. The van der Waals surface area contributed by atoms with Crippen LogP contribution in [0.25, 0.3) is 0 Å². The Morgan fingerprint density at radius 2 is 2.20 bits per heavy atom. The van der Waals surface area contributed by atoms with Gasteiger partial charge in [0, 0.05) is 0 Å². The van der Waals surface area contributed by atoms with E-state index in [0.29, 0.717) is 0 Å². The zero-order valence-corrected chi connectivity index (χ0v) is 5.67. The van der Waals surface area contributed by atoms with Crippen molar-refractivity contribution in [2.24, 2.45) is 0 Å². The maximum Gasteiger partial charge on any atom is 0.320 e. The van der Waals surface area contributed by atoms with Gasteiger partial charge in [-0.3, -0.25) is 9.50 Å². The van der Waals surface area contributed by atoms with Crippen molar-refractivity contribution in [3.05, 3.63) is 0 Å². The Kier molecular flexibility index (Phi) is 3.95. The highest BCUT2D eigenvalue weighted by atomic mass is 19.0. The number of piperidine rings is 1. The van der Waals surface area contributed by atoms with Gasteiger partial charge in [-0.05, 0) is 19.4 Å². The fourth-order valence-electron chi connectivity index (χ4n) is 1.06. The van der Waals surface area contributed by atoms with E-state index in [4.69, 9.17) is 5.11 Å². The van der Waals surface area contributed by atoms with E-state index in [1.54, 1.807) is 0 Å². The van der Waals surface area contributed by atoms with Gasteiger partial charge in [-0.1, -0.05) is 6.42 Å². The maximum atomic E-state index is 10.3. The highest BCUT2D eigenvalue weighted by molar-refractivity contribution is 5.73. The van der Waals surface area contributed by atoms with Crippen LogP contribution in [0, 0.1) is 0 Å². The summed E-state index contributed by atoms with van der Waals surface area (Å²) in [6.07, 6.45) is 2.95. The summed E-state index contributed by atoms with van der Waals surface area (Å²) in [5.41, 5.74) is 0. The highest BCUT2D eigenvalue weighted by Gasteiger charge is 2.18. The molecule has 1 heterocycles. The van der Waals surface area contributed by atoms with Gasteiger partial charge in [0.1, 0.15) is 6.04 Å². The lowest BCUT2D eigenvalue weighted by atomic mass is 10.1. The quantitative estimate of drug-likeness (QED) is 0.566. The third kappa shape index (κ3) is 2.31. The predicted molar refractivity (Wildman–Crippen MR) is 35.8 cm³/mol. The van der Waals surface area contributed by atoms with Gasteiger partial charge in [0.2, 0.25) is 0 Å². The fourth-order valence-corrected chi connectivity index (χ4v) is 1.06. The molecule has 2 N–H and O–H groups in total. The third-order valence-electron chi connectivity index (χ3n) is 1.61. The van der Waals surface area contributed by atoms with Crippen molar-refractivity contribution in [3.8, 4) is 0 Å². The average Bonchev–Trinajstić information content (AvgIpc) is 1.90. The summed E-state index contributed by atoms with van der Waals surface area (Å²) in [6.45, 7) is 0.858. The van der Waals surface area contributed by atoms with Gasteiger partial charge in [0.15, 0.2) is 0 Å². The number of carbonyl (C=O) groups is 1. The summed E-state index contributed by atoms with van der Waals surface area (Å²) in [5, 5.41) is 11.4. The Morgan fingerprint density at radius 3 is 2.50 bits per heavy atom. The van der Waals surface area contributed by atoms with Crippen molar-refractivity contribution < 1.29 is 14.6 Å². The number of nitrogens with one attached hydrogen (secondary N) is 1. The molecule has 60 valence electrons. The van der Waals surface area contributed by atoms with Crippen LogP contribution in [0.4, 0.5) is 4.70 Å². The lowest BCUT2D eigenvalue weighted by molar-refractivity contribution is -0.140. The van der Waals surface area contributed by atoms with Crippen LogP contribution in [-0.4, -0.2) is 23.7 Å². The molecule has 0 spiro atoms. The molecule has 10 heavy (non-hydrogen) atoms. The summed E-state index contributed by atoms with van der Waals surface area (Å²) < 4.78 is 0. The number of hydrogen-bond acceptors (Lipinski definition) is 2. The Balaban J connectivity index is 0.000000810. The topological polar surface area (TPSA) is 49.3 Å². The largest absolute Gasteiger partial charge is 0.480 e. The van der Waals surface area contributed by atoms with Crippen molar-refractivity contribution in [2.75, 3.05) is 6.54 Å². The van der Waals surface area contributed by atoms with E-state index in [0.717, 1.165) is 25.8 Å². The number of aliphatic carboxylic acids is 1. The molecule has 1 rings (SSSR count). The molecule has 0 aromatic rings. The molecule has 1 aliphatic heterocycles. The molecule has 1 unspecified atom stereocenters. The van der Waals surface area contributed by atoms with Crippen LogP contribution in [0.2, 0.25) is 0 Å². The standard InChI is InChI=1S/C6H11NO2.FH/c8-6(9)5-3-1-2-4-7-5;/h5,7H,1-4H2,(H,8,9);1H. The van der Waals surface area contributed by atoms with Crippen LogP contribution >= 0.6 is 0 Å². The summed E-state index contributed by atoms with van der Waals surface area (Å²) in [6, 6.07) is -0.279. The lowest BCUT2D eigenvalue weighted by Crippen LogP contribution is -2.40. The van der Waals surface area contributed by atoms with Gasteiger partial charge in [0.25, 0.3) is 0 Å². The van der Waals surface area contributed by atoms with Gasteiger partial charge in [-0.25, -0.2) is 0 Å². The molecule has 0 aliphatic carbocycles. The first-order valence-electron chi connectivity index (χ1n) is 3.27. The van der Waals surface area contributed by atoms with Crippen molar-refractivity contribution in [2.45, 2.75) is 25.3 Å². The fraction of sp³-hybridized carbons (Fsp3) is 0.833. The van der Waals surface area contributed by atoms with E-state index in [1.165, 1.54) is 0 Å². The molecule has 0 amide bonds. The minimum Gasteiger partial charge on any atom is -0.480 e. The van der Waals surface area contributed by atoms with Crippen LogP contribution in [0.15, 0.2) is 0 Å². The van der Waals surface area contributed by atoms with E-state index < -0.39 is 5.97 Å². The van der Waals surface area contributed by atoms with Crippen LogP contribution in [0.1, 0.15) is 19.3 Å². The van der Waals surface area contributed by atoms with Crippen LogP contribution in [0.3, 0.4) is 0 Å². The lowest BCUT2D eigenvalue weighted by Gasteiger charge is -2.18. The number of halogens is 1. The van der Waals surface area contributed by atoms with E-state index in [-0.39, 0.29) is 10.7 Å². The van der Waals surface area contributed by atoms with Crippen molar-refractivity contribution in [1.29, 1.82) is 0 Å². The predicted octanol–water partition coefficient (Wildman–Crippen LogP) is 0.366. The second kappa shape index (κ2) is 4.22. The van der Waals surface area contributed by atoms with Crippen molar-refractivity contribution in [1.82, 2.24) is 5.32 Å². The molecule has 1 atom stereocenters. The molecule has 0 radical (unpaired) electrons. The van der Waals surface area contributed by atoms with Crippen molar-refractivity contribution in [3.63, 3.8) is 0 Å². The molecular weight excluding hydrogens is 137 g/mol. The van der Waals surface area contributed by atoms with Gasteiger partial charge in [-0.2, -0.15) is 0 Å². The van der Waals surface area contributed by atoms with E-state index in [2.05, 4.69) is 5.32 Å². The molecule has 0 saturated carbocycles. The SMILES string of the molecule is F.O=C(O)C1CCCCN1. The highest BCUT2D eigenvalue weighted by Crippen LogP contribution is 2.05. The van der Waals surface area contributed by atoms with Gasteiger partial charge in [0.05, 0.1) is 0 Å². The Hall–Kier alpha value is -0.640. The molecule has 1 fully saturated rings. The smallest absolute Gasteiger partial charge is 0.320 e. The third-order valence-corrected chi connectivity index (χ3v) is 1.61. The Bertz CT molecular complexity index is 112. The zero-order chi connectivity index (χ0) is 6.69. The van der Waals surface area contributed by atoms with Crippen molar-refractivity contribution >= 4 is 5.97 Å². The van der Waals surface area contributed by atoms with Crippen LogP contribution < -0.4 is 5.32 Å². The number of rotatable bonds is 1. The van der Waals surface area contributed by atoms with Gasteiger partial charge in [-0.15, -0.1) is 0 Å². The van der Waals surface area contributed by atoms with E-state index >= 15 is 0 Å². The maximum absolute atomic E-state index is 10.3. The molecule has 1 aliphatic rings. The zero-order valence-electron chi connectivity index (χ0n) is 5.67. The first-order chi connectivity index (χ1) is 4.30. The molecule has 0 aromatic heterocycles. The average molecular weight is 149 g/mol. The van der Waals surface area contributed by atoms with E-state index in [9.17, 15) is 4.79 Å². The number of carboxylic acids is 1. The van der Waals surface area contributed by atoms with E-state index in [1.807, 2.05) is 0 Å². The first-order valence-corrected chi connectivity index (χ1v) is 3.27. The van der Waals surface area contributed by atoms with Gasteiger partial charge < -0.3 is 10.4 Å². The molecular formula is C6H12FNO2. The Labute approximate surface area is 58.8 Å². The minimum atomic E-state index is -0.713. The number of carboxylic acid groups (broad SMARTS) is 1. The number of hydrogen-bond donors (Lipinski definition) is 2. The molecule has 1 saturated heterocycles.